The molecule has 1 atom stereocenters. The first-order valence-electron chi connectivity index (χ1n) is 6.87. The molecule has 5 nitrogen and oxygen atoms in total. The molecule has 2 aromatic rings. The molecule has 0 bridgehead atoms. The summed E-state index contributed by atoms with van der Waals surface area (Å²) in [4.78, 5) is 21.6. The molecule has 2 heterocycles. The van der Waals surface area contributed by atoms with Gasteiger partial charge in [-0.25, -0.2) is 4.98 Å². The lowest BCUT2D eigenvalue weighted by molar-refractivity contribution is -0.132. The first kappa shape index (κ1) is 14.3. The Kier molecular flexibility index (Phi) is 4.07. The predicted octanol–water partition coefficient (Wildman–Crippen LogP) is 1.85. The van der Waals surface area contributed by atoms with E-state index < -0.39 is 0 Å². The van der Waals surface area contributed by atoms with E-state index in [1.807, 2.05) is 31.3 Å². The maximum atomic E-state index is 12.5. The van der Waals surface area contributed by atoms with E-state index in [1.54, 1.807) is 11.2 Å². The minimum absolute atomic E-state index is 0.103. The Bertz CT molecular complexity index is 637. The van der Waals surface area contributed by atoms with E-state index in [0.29, 0.717) is 19.5 Å². The number of hydrogen-bond acceptors (Lipinski definition) is 3. The van der Waals surface area contributed by atoms with Gasteiger partial charge in [0.2, 0.25) is 5.91 Å². The monoisotopic (exact) mass is 348 g/mol. The number of halogens is 1. The van der Waals surface area contributed by atoms with Gasteiger partial charge in [0.05, 0.1) is 23.8 Å². The second kappa shape index (κ2) is 5.99. The first-order chi connectivity index (χ1) is 10.1. The van der Waals surface area contributed by atoms with Gasteiger partial charge in [0.15, 0.2) is 0 Å². The Labute approximate surface area is 131 Å². The number of imidazole rings is 1. The zero-order chi connectivity index (χ0) is 14.8. The second-order valence-corrected chi connectivity index (χ2v) is 6.20. The van der Waals surface area contributed by atoms with Crippen LogP contribution < -0.4 is 5.32 Å². The summed E-state index contributed by atoms with van der Waals surface area (Å²) >= 11 is 3.41. The maximum absolute atomic E-state index is 12.5. The van der Waals surface area contributed by atoms with Crippen LogP contribution in [-0.4, -0.2) is 33.9 Å². The fourth-order valence-electron chi connectivity index (χ4n) is 2.55. The molecule has 2 N–H and O–H groups in total. The van der Waals surface area contributed by atoms with Crippen LogP contribution in [0, 0.1) is 0 Å². The van der Waals surface area contributed by atoms with Crippen molar-refractivity contribution >= 4 is 21.8 Å². The van der Waals surface area contributed by atoms with Crippen LogP contribution in [0.15, 0.2) is 35.1 Å². The van der Waals surface area contributed by atoms with Crippen LogP contribution in [0.25, 0.3) is 0 Å². The zero-order valence-corrected chi connectivity index (χ0v) is 13.4. The lowest BCUT2D eigenvalue weighted by Gasteiger charge is -2.27. The number of hydrogen-bond donors (Lipinski definition) is 2. The molecule has 1 aliphatic heterocycles. The number of aromatic amines is 1. The normalized spacial score (nSPS) is 17.3. The van der Waals surface area contributed by atoms with Crippen LogP contribution in [0.4, 0.5) is 0 Å². The highest BCUT2D eigenvalue weighted by Crippen LogP contribution is 2.15. The van der Waals surface area contributed by atoms with Gasteiger partial charge in [0.25, 0.3) is 0 Å². The largest absolute Gasteiger partial charge is 0.347 e. The quantitative estimate of drug-likeness (QED) is 0.889. The lowest BCUT2D eigenvalue weighted by atomic mass is 10.0. The summed E-state index contributed by atoms with van der Waals surface area (Å²) in [5.74, 6) is 0.103. The van der Waals surface area contributed by atoms with Crippen molar-refractivity contribution in [1.82, 2.24) is 20.2 Å². The van der Waals surface area contributed by atoms with Gasteiger partial charge >= 0.3 is 0 Å². The number of benzene rings is 1. The van der Waals surface area contributed by atoms with Gasteiger partial charge in [-0.3, -0.25) is 10.1 Å². The molecule has 21 heavy (non-hydrogen) atoms. The Morgan fingerprint density at radius 1 is 1.43 bits per heavy atom. The molecule has 1 aromatic heterocycles. The van der Waals surface area contributed by atoms with Crippen molar-refractivity contribution in [3.05, 3.63) is 52.0 Å². The maximum Gasteiger partial charge on any atom is 0.240 e. The zero-order valence-electron chi connectivity index (χ0n) is 11.8. The van der Waals surface area contributed by atoms with E-state index in [4.69, 9.17) is 0 Å². The van der Waals surface area contributed by atoms with Gasteiger partial charge in [-0.15, -0.1) is 0 Å². The fraction of sp³-hybridized carbons (Fsp3) is 0.333. The highest BCUT2D eigenvalue weighted by atomic mass is 79.9. The SMILES string of the molecule is CN(Cc1ccc(Br)cc1)C(=O)C1Cc2nc[nH]c2CN1. The average Bonchev–Trinajstić information content (AvgIpc) is 2.96. The molecule has 6 heteroatoms. The molecule has 0 aliphatic carbocycles. The lowest BCUT2D eigenvalue weighted by Crippen LogP contribution is -2.48. The van der Waals surface area contributed by atoms with Crippen LogP contribution >= 0.6 is 15.9 Å². The topological polar surface area (TPSA) is 61.0 Å². The van der Waals surface area contributed by atoms with Crippen molar-refractivity contribution in [3.8, 4) is 0 Å². The van der Waals surface area contributed by atoms with Crippen molar-refractivity contribution in [1.29, 1.82) is 0 Å². The summed E-state index contributed by atoms with van der Waals surface area (Å²) in [7, 11) is 1.84. The standard InChI is InChI=1S/C15H17BrN4O/c1-20(8-10-2-4-11(16)5-3-10)15(21)13-6-12-14(7-17-13)19-9-18-12/h2-5,9,13,17H,6-8H2,1H3,(H,18,19). The Balaban J connectivity index is 1.64. The van der Waals surface area contributed by atoms with Gasteiger partial charge < -0.3 is 9.88 Å². The number of nitrogens with zero attached hydrogens (tertiary/aromatic N) is 2. The Hall–Kier alpha value is -1.66. The number of aromatic nitrogens is 2. The number of nitrogens with one attached hydrogen (secondary N) is 2. The van der Waals surface area contributed by atoms with Gasteiger partial charge in [-0.1, -0.05) is 28.1 Å². The minimum atomic E-state index is -0.193. The van der Waals surface area contributed by atoms with E-state index in [1.165, 1.54) is 0 Å². The third kappa shape index (κ3) is 3.16. The average molecular weight is 349 g/mol. The minimum Gasteiger partial charge on any atom is -0.347 e. The van der Waals surface area contributed by atoms with E-state index >= 15 is 0 Å². The molecule has 1 amide bonds. The smallest absolute Gasteiger partial charge is 0.240 e. The molecule has 0 spiro atoms. The number of H-pyrrole nitrogens is 1. The number of amides is 1. The van der Waals surface area contributed by atoms with Crippen molar-refractivity contribution in [2.45, 2.75) is 25.6 Å². The van der Waals surface area contributed by atoms with Gasteiger partial charge in [0, 0.05) is 31.0 Å². The molecule has 0 fully saturated rings. The van der Waals surface area contributed by atoms with Crippen molar-refractivity contribution < 1.29 is 4.79 Å². The van der Waals surface area contributed by atoms with Crippen LogP contribution in [0.3, 0.4) is 0 Å². The fourth-order valence-corrected chi connectivity index (χ4v) is 2.82. The molecular formula is C15H17BrN4O. The van der Waals surface area contributed by atoms with Crippen LogP contribution in [0.5, 0.6) is 0 Å². The van der Waals surface area contributed by atoms with Gasteiger partial charge in [0.1, 0.15) is 0 Å². The van der Waals surface area contributed by atoms with Crippen molar-refractivity contribution in [2.75, 3.05) is 7.05 Å². The summed E-state index contributed by atoms with van der Waals surface area (Å²) in [6.07, 6.45) is 2.33. The number of likely N-dealkylation sites (N-methyl/N-ethyl adjacent to an activating group) is 1. The van der Waals surface area contributed by atoms with Crippen molar-refractivity contribution in [2.24, 2.45) is 0 Å². The molecule has 0 saturated heterocycles. The van der Waals surface area contributed by atoms with Crippen molar-refractivity contribution in [3.63, 3.8) is 0 Å². The molecule has 1 aliphatic rings. The van der Waals surface area contributed by atoms with Gasteiger partial charge in [-0.05, 0) is 17.7 Å². The second-order valence-electron chi connectivity index (χ2n) is 5.29. The molecule has 3 rings (SSSR count). The van der Waals surface area contributed by atoms with Gasteiger partial charge in [-0.2, -0.15) is 0 Å². The highest BCUT2D eigenvalue weighted by molar-refractivity contribution is 9.10. The number of fused-ring (bicyclic) bond motifs is 1. The third-order valence-corrected chi connectivity index (χ3v) is 4.27. The van der Waals surface area contributed by atoms with E-state index in [9.17, 15) is 4.79 Å². The first-order valence-corrected chi connectivity index (χ1v) is 7.66. The molecule has 0 radical (unpaired) electrons. The van der Waals surface area contributed by atoms with Crippen LogP contribution in [0.1, 0.15) is 17.0 Å². The number of carbonyl (C=O) groups excluding carboxylic acids is 1. The van der Waals surface area contributed by atoms with E-state index in [2.05, 4.69) is 31.2 Å². The third-order valence-electron chi connectivity index (χ3n) is 3.74. The molecule has 0 saturated carbocycles. The summed E-state index contributed by atoms with van der Waals surface area (Å²) in [5, 5.41) is 3.27. The van der Waals surface area contributed by atoms with E-state index in [-0.39, 0.29) is 11.9 Å². The van der Waals surface area contributed by atoms with E-state index in [0.717, 1.165) is 21.4 Å². The molecule has 110 valence electrons. The van der Waals surface area contributed by atoms with Crippen LogP contribution in [0.2, 0.25) is 0 Å². The van der Waals surface area contributed by atoms with Crippen LogP contribution in [-0.2, 0) is 24.3 Å². The Morgan fingerprint density at radius 3 is 2.95 bits per heavy atom. The number of rotatable bonds is 3. The molecular weight excluding hydrogens is 332 g/mol. The summed E-state index contributed by atoms with van der Waals surface area (Å²) in [5.41, 5.74) is 3.18. The Morgan fingerprint density at radius 2 is 2.19 bits per heavy atom. The predicted molar refractivity (Wildman–Crippen MR) is 83.5 cm³/mol. The summed E-state index contributed by atoms with van der Waals surface area (Å²) < 4.78 is 1.04. The molecule has 1 unspecified atom stereocenters. The summed E-state index contributed by atoms with van der Waals surface area (Å²) in [6.45, 7) is 1.27. The summed E-state index contributed by atoms with van der Waals surface area (Å²) in [6, 6.07) is 7.83. The molecule has 1 aromatic carbocycles. The number of carbonyl (C=O) groups is 1. The highest BCUT2D eigenvalue weighted by Gasteiger charge is 2.27.